The average molecular weight is 280 g/mol. The van der Waals surface area contributed by atoms with Crippen LogP contribution in [0.2, 0.25) is 0 Å². The molecular formula is C15H24N2O3. The van der Waals surface area contributed by atoms with Crippen LogP contribution in [0.4, 0.5) is 11.4 Å². The van der Waals surface area contributed by atoms with E-state index in [-0.39, 0.29) is 0 Å². The summed E-state index contributed by atoms with van der Waals surface area (Å²) in [7, 11) is 1.35. The normalized spacial score (nSPS) is 10.6. The summed E-state index contributed by atoms with van der Waals surface area (Å²) in [6, 6.07) is 5.12. The second-order valence-corrected chi connectivity index (χ2v) is 5.02. The number of anilines is 2. The molecule has 0 atom stereocenters. The van der Waals surface area contributed by atoms with Crippen molar-refractivity contribution in [1.29, 1.82) is 0 Å². The summed E-state index contributed by atoms with van der Waals surface area (Å²) >= 11 is 0. The van der Waals surface area contributed by atoms with Gasteiger partial charge in [-0.2, -0.15) is 0 Å². The highest BCUT2D eigenvalue weighted by atomic mass is 16.5. The zero-order valence-corrected chi connectivity index (χ0v) is 12.4. The molecule has 0 fully saturated rings. The smallest absolute Gasteiger partial charge is 0.340 e. The number of carbonyl (C=O) groups is 1. The van der Waals surface area contributed by atoms with Crippen molar-refractivity contribution < 1.29 is 14.3 Å². The van der Waals surface area contributed by atoms with Crippen molar-refractivity contribution in [1.82, 2.24) is 0 Å². The largest absolute Gasteiger partial charge is 0.465 e. The lowest BCUT2D eigenvalue weighted by Crippen LogP contribution is -2.14. The number of nitrogen functional groups attached to an aromatic ring is 1. The average Bonchev–Trinajstić information content (AvgIpc) is 2.42. The highest BCUT2D eigenvalue weighted by molar-refractivity contribution is 5.96. The standard InChI is InChI=1S/C15H24N2O3/c1-11(2)6-8-20-9-7-17-14-5-4-12(16)10-13(14)15(18)19-3/h4-5,10-11,17H,6-9,16H2,1-3H3. The number of nitrogens with one attached hydrogen (secondary N) is 1. The van der Waals surface area contributed by atoms with E-state index in [2.05, 4.69) is 19.2 Å². The van der Waals surface area contributed by atoms with Gasteiger partial charge in [0, 0.05) is 24.5 Å². The highest BCUT2D eigenvalue weighted by Crippen LogP contribution is 2.19. The van der Waals surface area contributed by atoms with Gasteiger partial charge in [0.25, 0.3) is 0 Å². The molecule has 20 heavy (non-hydrogen) atoms. The zero-order valence-electron chi connectivity index (χ0n) is 12.4. The van der Waals surface area contributed by atoms with Crippen molar-refractivity contribution in [3.63, 3.8) is 0 Å². The third-order valence-electron chi connectivity index (χ3n) is 2.85. The number of carbonyl (C=O) groups excluding carboxylic acids is 1. The van der Waals surface area contributed by atoms with Crippen molar-refractivity contribution in [3.05, 3.63) is 23.8 Å². The minimum absolute atomic E-state index is 0.402. The van der Waals surface area contributed by atoms with Gasteiger partial charge in [0.05, 0.1) is 19.3 Å². The van der Waals surface area contributed by atoms with Crippen LogP contribution in [0.3, 0.4) is 0 Å². The first-order valence-corrected chi connectivity index (χ1v) is 6.84. The van der Waals surface area contributed by atoms with Gasteiger partial charge in [-0.1, -0.05) is 13.8 Å². The number of hydrogen-bond acceptors (Lipinski definition) is 5. The van der Waals surface area contributed by atoms with Crippen LogP contribution in [0.15, 0.2) is 18.2 Å². The Morgan fingerprint density at radius 1 is 1.35 bits per heavy atom. The summed E-state index contributed by atoms with van der Waals surface area (Å²) in [5.74, 6) is 0.242. The summed E-state index contributed by atoms with van der Waals surface area (Å²) in [6.45, 7) is 6.31. The lowest BCUT2D eigenvalue weighted by molar-refractivity contribution is 0.0601. The van der Waals surface area contributed by atoms with E-state index in [1.165, 1.54) is 7.11 Å². The van der Waals surface area contributed by atoms with Crippen LogP contribution in [-0.4, -0.2) is 32.8 Å². The number of hydrogen-bond donors (Lipinski definition) is 2. The van der Waals surface area contributed by atoms with Crippen LogP contribution in [0.25, 0.3) is 0 Å². The van der Waals surface area contributed by atoms with Gasteiger partial charge in [-0.25, -0.2) is 4.79 Å². The van der Waals surface area contributed by atoms with E-state index in [0.29, 0.717) is 36.0 Å². The maximum atomic E-state index is 11.6. The topological polar surface area (TPSA) is 73.6 Å². The Bertz CT molecular complexity index is 433. The summed E-state index contributed by atoms with van der Waals surface area (Å²) in [6.07, 6.45) is 1.05. The molecule has 1 aromatic rings. The van der Waals surface area contributed by atoms with Crippen molar-refractivity contribution in [2.45, 2.75) is 20.3 Å². The Labute approximate surface area is 120 Å². The number of esters is 1. The Hall–Kier alpha value is -1.75. The molecule has 1 aromatic carbocycles. The van der Waals surface area contributed by atoms with Crippen LogP contribution >= 0.6 is 0 Å². The lowest BCUT2D eigenvalue weighted by atomic mass is 10.1. The van der Waals surface area contributed by atoms with E-state index >= 15 is 0 Å². The molecule has 0 aliphatic heterocycles. The predicted molar refractivity (Wildman–Crippen MR) is 81.0 cm³/mol. The second-order valence-electron chi connectivity index (χ2n) is 5.02. The fraction of sp³-hybridized carbons (Fsp3) is 0.533. The summed E-state index contributed by atoms with van der Waals surface area (Å²) in [5.41, 5.74) is 7.36. The van der Waals surface area contributed by atoms with E-state index in [1.807, 2.05) is 0 Å². The predicted octanol–water partition coefficient (Wildman–Crippen LogP) is 2.53. The van der Waals surface area contributed by atoms with E-state index < -0.39 is 5.97 Å². The molecule has 3 N–H and O–H groups in total. The second kappa shape index (κ2) is 8.43. The van der Waals surface area contributed by atoms with Gasteiger partial charge in [-0.05, 0) is 30.5 Å². The molecule has 0 unspecified atom stereocenters. The van der Waals surface area contributed by atoms with Gasteiger partial charge in [0.15, 0.2) is 0 Å². The van der Waals surface area contributed by atoms with Gasteiger partial charge in [0.1, 0.15) is 0 Å². The number of benzene rings is 1. The van der Waals surface area contributed by atoms with Crippen LogP contribution in [-0.2, 0) is 9.47 Å². The molecule has 5 heteroatoms. The molecular weight excluding hydrogens is 256 g/mol. The molecule has 0 saturated heterocycles. The van der Waals surface area contributed by atoms with Gasteiger partial charge in [-0.15, -0.1) is 0 Å². The van der Waals surface area contributed by atoms with Crippen LogP contribution in [0.5, 0.6) is 0 Å². The molecule has 0 spiro atoms. The lowest BCUT2D eigenvalue weighted by Gasteiger charge is -2.12. The SMILES string of the molecule is COC(=O)c1cc(N)ccc1NCCOCCC(C)C. The molecule has 0 bridgehead atoms. The molecule has 0 aromatic heterocycles. The molecule has 0 amide bonds. The molecule has 0 aliphatic rings. The quantitative estimate of drug-likeness (QED) is 0.435. The van der Waals surface area contributed by atoms with Crippen LogP contribution in [0.1, 0.15) is 30.6 Å². The first-order valence-electron chi connectivity index (χ1n) is 6.84. The van der Waals surface area contributed by atoms with Crippen LogP contribution in [0, 0.1) is 5.92 Å². The molecule has 0 saturated carbocycles. The van der Waals surface area contributed by atoms with Gasteiger partial charge < -0.3 is 20.5 Å². The fourth-order valence-electron chi connectivity index (χ4n) is 1.67. The zero-order chi connectivity index (χ0) is 15.0. The summed E-state index contributed by atoms with van der Waals surface area (Å²) < 4.78 is 10.3. The molecule has 5 nitrogen and oxygen atoms in total. The maximum absolute atomic E-state index is 11.6. The number of nitrogens with two attached hydrogens (primary N) is 1. The Balaban J connectivity index is 2.45. The molecule has 0 aliphatic carbocycles. The number of rotatable bonds is 8. The Morgan fingerprint density at radius 3 is 2.75 bits per heavy atom. The molecule has 112 valence electrons. The third-order valence-corrected chi connectivity index (χ3v) is 2.85. The van der Waals surface area contributed by atoms with Gasteiger partial charge in [0.2, 0.25) is 0 Å². The number of methoxy groups -OCH3 is 1. The van der Waals surface area contributed by atoms with Crippen molar-refractivity contribution in [3.8, 4) is 0 Å². The van der Waals surface area contributed by atoms with E-state index in [9.17, 15) is 4.79 Å². The van der Waals surface area contributed by atoms with E-state index in [0.717, 1.165) is 13.0 Å². The van der Waals surface area contributed by atoms with Crippen molar-refractivity contribution in [2.24, 2.45) is 5.92 Å². The molecule has 0 heterocycles. The van der Waals surface area contributed by atoms with Gasteiger partial charge in [-0.3, -0.25) is 0 Å². The van der Waals surface area contributed by atoms with E-state index in [4.69, 9.17) is 15.2 Å². The van der Waals surface area contributed by atoms with Crippen molar-refractivity contribution in [2.75, 3.05) is 37.9 Å². The minimum Gasteiger partial charge on any atom is -0.465 e. The highest BCUT2D eigenvalue weighted by Gasteiger charge is 2.11. The summed E-state index contributed by atoms with van der Waals surface area (Å²) in [5, 5.41) is 3.16. The Kier molecular flexibility index (Phi) is 6.87. The monoisotopic (exact) mass is 280 g/mol. The summed E-state index contributed by atoms with van der Waals surface area (Å²) in [4.78, 5) is 11.6. The number of ether oxygens (including phenoxy) is 2. The molecule has 1 rings (SSSR count). The van der Waals surface area contributed by atoms with Crippen molar-refractivity contribution >= 4 is 17.3 Å². The first kappa shape index (κ1) is 16.3. The molecule has 0 radical (unpaired) electrons. The fourth-order valence-corrected chi connectivity index (χ4v) is 1.67. The first-order chi connectivity index (χ1) is 9.54. The minimum atomic E-state index is -0.402. The Morgan fingerprint density at radius 2 is 2.10 bits per heavy atom. The van der Waals surface area contributed by atoms with E-state index in [1.54, 1.807) is 18.2 Å². The maximum Gasteiger partial charge on any atom is 0.340 e. The third kappa shape index (κ3) is 5.48. The van der Waals surface area contributed by atoms with Gasteiger partial charge >= 0.3 is 5.97 Å². The van der Waals surface area contributed by atoms with Crippen LogP contribution < -0.4 is 11.1 Å².